The number of ether oxygens (including phenoxy) is 1. The summed E-state index contributed by atoms with van der Waals surface area (Å²) in [5.74, 6) is 0.426. The molecule has 3 rings (SSSR count). The number of amides is 1. The van der Waals surface area contributed by atoms with Gasteiger partial charge in [-0.2, -0.15) is 0 Å². The number of carbonyl (C=O) groups is 1. The van der Waals surface area contributed by atoms with Gasteiger partial charge < -0.3 is 15.0 Å². The van der Waals surface area contributed by atoms with Gasteiger partial charge in [-0.15, -0.1) is 0 Å². The van der Waals surface area contributed by atoms with Crippen molar-refractivity contribution >= 4 is 11.9 Å². The highest BCUT2D eigenvalue weighted by Crippen LogP contribution is 2.17. The number of aromatic nitrogens is 2. The summed E-state index contributed by atoms with van der Waals surface area (Å²) in [7, 11) is 0. The second kappa shape index (κ2) is 10.3. The van der Waals surface area contributed by atoms with E-state index in [1.165, 1.54) is 5.56 Å². The standard InChI is InChI=1S/C22H31N5O2/c1-17(2)27(16-19-7-5-4-6-8-19)22-24-18(3)15-20(25-22)21(28)23-9-10-26-11-13-29-14-12-26/h4-8,15,17H,9-14,16H2,1-3H3,(H,23,28). The minimum Gasteiger partial charge on any atom is -0.379 e. The van der Waals surface area contributed by atoms with Gasteiger partial charge in [0.2, 0.25) is 5.95 Å². The van der Waals surface area contributed by atoms with Gasteiger partial charge in [0.1, 0.15) is 5.69 Å². The molecule has 1 aliphatic rings. The molecule has 7 nitrogen and oxygen atoms in total. The number of carbonyl (C=O) groups excluding carboxylic acids is 1. The quantitative estimate of drug-likeness (QED) is 0.737. The summed E-state index contributed by atoms with van der Waals surface area (Å²) in [4.78, 5) is 26.3. The van der Waals surface area contributed by atoms with E-state index >= 15 is 0 Å². The van der Waals surface area contributed by atoms with E-state index in [4.69, 9.17) is 4.74 Å². The van der Waals surface area contributed by atoms with Crippen molar-refractivity contribution in [2.45, 2.75) is 33.4 Å². The van der Waals surface area contributed by atoms with Crippen molar-refractivity contribution in [1.82, 2.24) is 20.2 Å². The van der Waals surface area contributed by atoms with Crippen molar-refractivity contribution < 1.29 is 9.53 Å². The van der Waals surface area contributed by atoms with Crippen LogP contribution in [-0.2, 0) is 11.3 Å². The zero-order valence-corrected chi connectivity index (χ0v) is 17.6. The van der Waals surface area contributed by atoms with Crippen molar-refractivity contribution in [2.75, 3.05) is 44.3 Å². The number of hydrogen-bond donors (Lipinski definition) is 1. The molecule has 1 amide bonds. The van der Waals surface area contributed by atoms with E-state index in [1.807, 2.05) is 25.1 Å². The van der Waals surface area contributed by atoms with Gasteiger partial charge in [0.05, 0.1) is 13.2 Å². The summed E-state index contributed by atoms with van der Waals surface area (Å²) < 4.78 is 5.36. The van der Waals surface area contributed by atoms with E-state index in [0.717, 1.165) is 38.5 Å². The second-order valence-corrected chi connectivity index (χ2v) is 7.61. The molecule has 29 heavy (non-hydrogen) atoms. The molecule has 0 bridgehead atoms. The fourth-order valence-corrected chi connectivity index (χ4v) is 3.30. The van der Waals surface area contributed by atoms with Crippen LogP contribution in [0.5, 0.6) is 0 Å². The van der Waals surface area contributed by atoms with Crippen LogP contribution in [0.4, 0.5) is 5.95 Å². The number of benzene rings is 1. The Labute approximate surface area is 173 Å². The molecule has 156 valence electrons. The van der Waals surface area contributed by atoms with E-state index in [9.17, 15) is 4.79 Å². The van der Waals surface area contributed by atoms with E-state index in [-0.39, 0.29) is 11.9 Å². The zero-order chi connectivity index (χ0) is 20.6. The Balaban J connectivity index is 1.67. The van der Waals surface area contributed by atoms with Crippen LogP contribution in [0.2, 0.25) is 0 Å². The molecular weight excluding hydrogens is 366 g/mol. The van der Waals surface area contributed by atoms with Crippen LogP contribution in [0.1, 0.15) is 35.6 Å². The fraction of sp³-hybridized carbons (Fsp3) is 0.500. The molecule has 1 fully saturated rings. The molecule has 1 saturated heterocycles. The van der Waals surface area contributed by atoms with Crippen molar-refractivity contribution in [3.8, 4) is 0 Å². The van der Waals surface area contributed by atoms with Gasteiger partial charge in [-0.1, -0.05) is 30.3 Å². The van der Waals surface area contributed by atoms with Gasteiger partial charge in [-0.25, -0.2) is 9.97 Å². The largest absolute Gasteiger partial charge is 0.379 e. The Morgan fingerprint density at radius 2 is 1.93 bits per heavy atom. The fourth-order valence-electron chi connectivity index (χ4n) is 3.30. The second-order valence-electron chi connectivity index (χ2n) is 7.61. The number of nitrogens with zero attached hydrogens (tertiary/aromatic N) is 4. The van der Waals surface area contributed by atoms with Crippen molar-refractivity contribution in [1.29, 1.82) is 0 Å². The highest BCUT2D eigenvalue weighted by Gasteiger charge is 2.18. The van der Waals surface area contributed by atoms with Gasteiger partial charge in [-0.3, -0.25) is 9.69 Å². The molecule has 0 aliphatic carbocycles. The van der Waals surface area contributed by atoms with Crippen LogP contribution in [0.25, 0.3) is 0 Å². The number of anilines is 1. The Morgan fingerprint density at radius 3 is 2.62 bits per heavy atom. The summed E-state index contributed by atoms with van der Waals surface area (Å²) in [6.45, 7) is 11.6. The molecule has 0 unspecified atom stereocenters. The minimum atomic E-state index is -0.159. The first-order valence-corrected chi connectivity index (χ1v) is 10.3. The van der Waals surface area contributed by atoms with Crippen LogP contribution in [0.3, 0.4) is 0 Å². The van der Waals surface area contributed by atoms with E-state index < -0.39 is 0 Å². The lowest BCUT2D eigenvalue weighted by Crippen LogP contribution is -2.41. The van der Waals surface area contributed by atoms with Gasteiger partial charge >= 0.3 is 0 Å². The van der Waals surface area contributed by atoms with E-state index in [1.54, 1.807) is 6.07 Å². The molecule has 0 spiro atoms. The molecular formula is C22H31N5O2. The summed E-state index contributed by atoms with van der Waals surface area (Å²) in [5.41, 5.74) is 2.38. The van der Waals surface area contributed by atoms with E-state index in [2.05, 4.69) is 51.1 Å². The maximum absolute atomic E-state index is 12.7. The van der Waals surface area contributed by atoms with Crippen molar-refractivity contribution in [3.63, 3.8) is 0 Å². The molecule has 0 radical (unpaired) electrons. The lowest BCUT2D eigenvalue weighted by Gasteiger charge is -2.27. The number of hydrogen-bond acceptors (Lipinski definition) is 6. The van der Waals surface area contributed by atoms with Gasteiger partial charge in [0, 0.05) is 44.5 Å². The Morgan fingerprint density at radius 1 is 1.21 bits per heavy atom. The summed E-state index contributed by atoms with van der Waals surface area (Å²) in [6, 6.07) is 12.2. The highest BCUT2D eigenvalue weighted by atomic mass is 16.5. The Kier molecular flexibility index (Phi) is 7.55. The molecule has 0 atom stereocenters. The lowest BCUT2D eigenvalue weighted by molar-refractivity contribution is 0.0383. The third kappa shape index (κ3) is 6.24. The molecule has 2 aromatic rings. The number of morpholine rings is 1. The SMILES string of the molecule is Cc1cc(C(=O)NCCN2CCOCC2)nc(N(Cc2ccccc2)C(C)C)n1. The first-order valence-electron chi connectivity index (χ1n) is 10.3. The molecule has 0 saturated carbocycles. The predicted octanol–water partition coefficient (Wildman–Crippen LogP) is 2.26. The van der Waals surface area contributed by atoms with Gasteiger partial charge in [0.25, 0.3) is 5.91 Å². The predicted molar refractivity (Wildman–Crippen MR) is 114 cm³/mol. The third-order valence-electron chi connectivity index (χ3n) is 4.97. The van der Waals surface area contributed by atoms with Crippen LogP contribution < -0.4 is 10.2 Å². The normalized spacial score (nSPS) is 14.8. The first kappa shape index (κ1) is 21.2. The molecule has 1 aliphatic heterocycles. The number of nitrogens with one attached hydrogen (secondary N) is 1. The van der Waals surface area contributed by atoms with Crippen LogP contribution >= 0.6 is 0 Å². The van der Waals surface area contributed by atoms with Crippen LogP contribution in [-0.4, -0.2) is 66.2 Å². The average molecular weight is 398 g/mol. The van der Waals surface area contributed by atoms with Crippen LogP contribution in [0.15, 0.2) is 36.4 Å². The maximum atomic E-state index is 12.7. The topological polar surface area (TPSA) is 70.6 Å². The van der Waals surface area contributed by atoms with E-state index in [0.29, 0.717) is 24.7 Å². The van der Waals surface area contributed by atoms with Crippen molar-refractivity contribution in [2.24, 2.45) is 0 Å². The summed E-state index contributed by atoms with van der Waals surface area (Å²) in [6.07, 6.45) is 0. The lowest BCUT2D eigenvalue weighted by atomic mass is 10.2. The summed E-state index contributed by atoms with van der Waals surface area (Å²) in [5, 5.41) is 2.99. The Bertz CT molecular complexity index is 791. The third-order valence-corrected chi connectivity index (χ3v) is 4.97. The zero-order valence-electron chi connectivity index (χ0n) is 17.6. The first-order chi connectivity index (χ1) is 14.0. The molecule has 7 heteroatoms. The van der Waals surface area contributed by atoms with Crippen molar-refractivity contribution in [3.05, 3.63) is 53.3 Å². The monoisotopic (exact) mass is 397 g/mol. The van der Waals surface area contributed by atoms with Gasteiger partial charge in [0.15, 0.2) is 0 Å². The number of aryl methyl sites for hydroxylation is 1. The van der Waals surface area contributed by atoms with Crippen LogP contribution in [0, 0.1) is 6.92 Å². The molecule has 1 aromatic heterocycles. The maximum Gasteiger partial charge on any atom is 0.270 e. The van der Waals surface area contributed by atoms with Gasteiger partial charge in [-0.05, 0) is 32.4 Å². The molecule has 2 heterocycles. The Hall–Kier alpha value is -2.51. The summed E-state index contributed by atoms with van der Waals surface area (Å²) >= 11 is 0. The minimum absolute atomic E-state index is 0.159. The molecule has 1 aromatic carbocycles. The number of rotatable bonds is 8. The highest BCUT2D eigenvalue weighted by molar-refractivity contribution is 5.92. The smallest absolute Gasteiger partial charge is 0.270 e. The molecule has 1 N–H and O–H groups in total. The average Bonchev–Trinajstić information content (AvgIpc) is 2.73.